The van der Waals surface area contributed by atoms with Crippen LogP contribution in [0.15, 0.2) is 29.4 Å². The van der Waals surface area contributed by atoms with E-state index in [0.717, 1.165) is 0 Å². The van der Waals surface area contributed by atoms with Crippen molar-refractivity contribution in [2.45, 2.75) is 6.42 Å². The number of halogens is 1. The van der Waals surface area contributed by atoms with E-state index in [1.165, 1.54) is 5.01 Å². The first-order valence-corrected chi connectivity index (χ1v) is 4.47. The van der Waals surface area contributed by atoms with E-state index in [-0.39, 0.29) is 12.3 Å². The van der Waals surface area contributed by atoms with Crippen molar-refractivity contribution in [3.63, 3.8) is 0 Å². The van der Waals surface area contributed by atoms with Gasteiger partial charge in [-0.1, -0.05) is 23.7 Å². The summed E-state index contributed by atoms with van der Waals surface area (Å²) >= 11 is 5.91. The Morgan fingerprint density at radius 1 is 1.43 bits per heavy atom. The van der Waals surface area contributed by atoms with Gasteiger partial charge in [0.25, 0.3) is 5.91 Å². The van der Waals surface area contributed by atoms with Crippen molar-refractivity contribution in [3.8, 4) is 0 Å². The fourth-order valence-electron chi connectivity index (χ4n) is 1.26. The van der Waals surface area contributed by atoms with Crippen LogP contribution >= 0.6 is 11.6 Å². The lowest BCUT2D eigenvalue weighted by molar-refractivity contribution is -0.116. The molecule has 1 aliphatic heterocycles. The van der Waals surface area contributed by atoms with Crippen LogP contribution in [0.4, 0.5) is 5.69 Å². The molecule has 4 nitrogen and oxygen atoms in total. The van der Waals surface area contributed by atoms with Crippen LogP contribution in [-0.2, 0) is 4.79 Å². The second kappa shape index (κ2) is 3.31. The lowest BCUT2D eigenvalue weighted by Crippen LogP contribution is -2.19. The molecule has 0 fully saturated rings. The number of anilines is 1. The molecule has 5 heteroatoms. The number of hydrazone groups is 1. The van der Waals surface area contributed by atoms with Gasteiger partial charge in [0, 0.05) is 0 Å². The molecule has 72 valence electrons. The number of nitrogens with two attached hydrogens (primary N) is 1. The molecule has 2 rings (SSSR count). The topological polar surface area (TPSA) is 58.7 Å². The Kier molecular flexibility index (Phi) is 2.13. The zero-order chi connectivity index (χ0) is 10.1. The van der Waals surface area contributed by atoms with Crippen molar-refractivity contribution in [1.82, 2.24) is 0 Å². The Morgan fingerprint density at radius 2 is 2.14 bits per heavy atom. The Hall–Kier alpha value is -1.55. The highest BCUT2D eigenvalue weighted by Gasteiger charge is 2.24. The van der Waals surface area contributed by atoms with Gasteiger partial charge in [-0.05, 0) is 12.1 Å². The molecule has 0 unspecified atom stereocenters. The van der Waals surface area contributed by atoms with Gasteiger partial charge in [-0.2, -0.15) is 10.1 Å². The van der Waals surface area contributed by atoms with E-state index in [9.17, 15) is 4.79 Å². The van der Waals surface area contributed by atoms with Gasteiger partial charge in [0.1, 0.15) is 5.84 Å². The van der Waals surface area contributed by atoms with Crippen LogP contribution < -0.4 is 10.7 Å². The van der Waals surface area contributed by atoms with Gasteiger partial charge in [-0.3, -0.25) is 4.79 Å². The number of amidine groups is 1. The molecule has 0 atom stereocenters. The van der Waals surface area contributed by atoms with E-state index in [2.05, 4.69) is 5.10 Å². The number of carbonyl (C=O) groups excluding carboxylic acids is 1. The number of nitrogens with zero attached hydrogens (tertiary/aromatic N) is 2. The Labute approximate surface area is 86.0 Å². The summed E-state index contributed by atoms with van der Waals surface area (Å²) in [6.45, 7) is 0. The third-order valence-corrected chi connectivity index (χ3v) is 2.20. The third-order valence-electron chi connectivity index (χ3n) is 1.88. The van der Waals surface area contributed by atoms with E-state index in [1.54, 1.807) is 24.3 Å². The molecular weight excluding hydrogens is 202 g/mol. The highest BCUT2D eigenvalue weighted by atomic mass is 35.5. The van der Waals surface area contributed by atoms with Crippen LogP contribution in [0.25, 0.3) is 0 Å². The molecule has 14 heavy (non-hydrogen) atoms. The fourth-order valence-corrected chi connectivity index (χ4v) is 1.48. The molecule has 0 saturated heterocycles. The lowest BCUT2D eigenvalue weighted by Gasteiger charge is -2.12. The second-order valence-electron chi connectivity index (χ2n) is 2.93. The van der Waals surface area contributed by atoms with Crippen molar-refractivity contribution >= 4 is 29.0 Å². The van der Waals surface area contributed by atoms with Gasteiger partial charge < -0.3 is 5.73 Å². The highest BCUT2D eigenvalue weighted by molar-refractivity contribution is 6.34. The summed E-state index contributed by atoms with van der Waals surface area (Å²) in [6.07, 6.45) is 0.158. The summed E-state index contributed by atoms with van der Waals surface area (Å²) in [7, 11) is 0. The zero-order valence-electron chi connectivity index (χ0n) is 7.27. The zero-order valence-corrected chi connectivity index (χ0v) is 8.03. The van der Waals surface area contributed by atoms with Gasteiger partial charge in [0.05, 0.1) is 17.1 Å². The van der Waals surface area contributed by atoms with Crippen LogP contribution in [-0.4, -0.2) is 11.7 Å². The number of para-hydroxylation sites is 1. The number of hydrogen-bond acceptors (Lipinski definition) is 3. The normalized spacial score (nSPS) is 15.9. The van der Waals surface area contributed by atoms with E-state index in [4.69, 9.17) is 17.3 Å². The van der Waals surface area contributed by atoms with Crippen molar-refractivity contribution in [1.29, 1.82) is 0 Å². The summed E-state index contributed by atoms with van der Waals surface area (Å²) in [4.78, 5) is 11.4. The molecule has 1 aromatic rings. The van der Waals surface area contributed by atoms with E-state index in [0.29, 0.717) is 16.5 Å². The summed E-state index contributed by atoms with van der Waals surface area (Å²) in [5.74, 6) is 0.158. The summed E-state index contributed by atoms with van der Waals surface area (Å²) in [5.41, 5.74) is 6.02. The fraction of sp³-hybridized carbons (Fsp3) is 0.111. The van der Waals surface area contributed by atoms with Gasteiger partial charge in [-0.15, -0.1) is 0 Å². The van der Waals surface area contributed by atoms with E-state index in [1.807, 2.05) is 0 Å². The van der Waals surface area contributed by atoms with Gasteiger partial charge in [0.15, 0.2) is 0 Å². The van der Waals surface area contributed by atoms with E-state index >= 15 is 0 Å². The molecule has 1 aromatic carbocycles. The molecule has 0 radical (unpaired) electrons. The first-order chi connectivity index (χ1) is 6.68. The SMILES string of the molecule is NC1=NN(c2ccccc2Cl)C(=O)C1. The predicted molar refractivity (Wildman–Crippen MR) is 55.2 cm³/mol. The number of benzene rings is 1. The van der Waals surface area contributed by atoms with Crippen LogP contribution in [0, 0.1) is 0 Å². The standard InChI is InChI=1S/C9H8ClN3O/c10-6-3-1-2-4-7(6)13-9(14)5-8(11)12-13/h1-4H,5H2,(H2,11,12). The number of amides is 1. The molecular formula is C9H8ClN3O. The smallest absolute Gasteiger partial charge is 0.255 e. The van der Waals surface area contributed by atoms with Gasteiger partial charge >= 0.3 is 0 Å². The molecule has 1 aliphatic rings. The minimum absolute atomic E-state index is 0.157. The summed E-state index contributed by atoms with van der Waals surface area (Å²) in [5, 5.41) is 5.61. The average molecular weight is 210 g/mol. The van der Waals surface area contributed by atoms with Gasteiger partial charge in [0.2, 0.25) is 0 Å². The van der Waals surface area contributed by atoms with Crippen molar-refractivity contribution in [3.05, 3.63) is 29.3 Å². The summed E-state index contributed by atoms with van der Waals surface area (Å²) < 4.78 is 0. The molecule has 1 amide bonds. The first kappa shape index (κ1) is 9.02. The first-order valence-electron chi connectivity index (χ1n) is 4.09. The van der Waals surface area contributed by atoms with Crippen LogP contribution in [0.5, 0.6) is 0 Å². The maximum absolute atomic E-state index is 11.4. The quantitative estimate of drug-likeness (QED) is 0.759. The minimum Gasteiger partial charge on any atom is -0.385 e. The Balaban J connectivity index is 2.41. The van der Waals surface area contributed by atoms with Crippen molar-refractivity contribution in [2.75, 3.05) is 5.01 Å². The largest absolute Gasteiger partial charge is 0.385 e. The number of hydrogen-bond donors (Lipinski definition) is 1. The summed E-state index contributed by atoms with van der Waals surface area (Å²) in [6, 6.07) is 7.01. The van der Waals surface area contributed by atoms with Crippen molar-refractivity contribution < 1.29 is 4.79 Å². The van der Waals surface area contributed by atoms with Crippen LogP contribution in [0.2, 0.25) is 5.02 Å². The number of rotatable bonds is 1. The van der Waals surface area contributed by atoms with Gasteiger partial charge in [-0.25, -0.2) is 0 Å². The average Bonchev–Trinajstić information content (AvgIpc) is 2.46. The molecule has 1 heterocycles. The Morgan fingerprint density at radius 3 is 2.71 bits per heavy atom. The maximum atomic E-state index is 11.4. The molecule has 0 spiro atoms. The lowest BCUT2D eigenvalue weighted by atomic mass is 10.3. The van der Waals surface area contributed by atoms with Crippen LogP contribution in [0.1, 0.15) is 6.42 Å². The third kappa shape index (κ3) is 1.44. The highest BCUT2D eigenvalue weighted by Crippen LogP contribution is 2.27. The molecule has 0 saturated carbocycles. The van der Waals surface area contributed by atoms with Crippen molar-refractivity contribution in [2.24, 2.45) is 10.8 Å². The molecule has 0 aromatic heterocycles. The predicted octanol–water partition coefficient (Wildman–Crippen LogP) is 1.35. The minimum atomic E-state index is -0.157. The molecule has 0 bridgehead atoms. The maximum Gasteiger partial charge on any atom is 0.255 e. The Bertz CT molecular complexity index is 416. The van der Waals surface area contributed by atoms with E-state index < -0.39 is 0 Å². The second-order valence-corrected chi connectivity index (χ2v) is 3.33. The van der Waals surface area contributed by atoms with Crippen LogP contribution in [0.3, 0.4) is 0 Å². The monoisotopic (exact) mass is 209 g/mol. The molecule has 2 N–H and O–H groups in total. The molecule has 0 aliphatic carbocycles. The number of carbonyl (C=O) groups is 1.